The van der Waals surface area contributed by atoms with E-state index in [-0.39, 0.29) is 17.1 Å². The van der Waals surface area contributed by atoms with Crippen LogP contribution in [-0.2, 0) is 26.2 Å². The number of aryl methyl sites for hydroxylation is 2. The fourth-order valence-corrected chi connectivity index (χ4v) is 5.19. The van der Waals surface area contributed by atoms with E-state index in [0.717, 1.165) is 27.1 Å². The number of amides is 2. The van der Waals surface area contributed by atoms with Crippen molar-refractivity contribution in [2.24, 2.45) is 0 Å². The first-order valence-electron chi connectivity index (χ1n) is 11.5. The van der Waals surface area contributed by atoms with Gasteiger partial charge in [0.2, 0.25) is 11.8 Å². The van der Waals surface area contributed by atoms with E-state index in [9.17, 15) is 22.4 Å². The number of anilines is 1. The fraction of sp³-hybridized carbons (Fsp3) is 0.259. The first-order valence-corrected chi connectivity index (χ1v) is 12.9. The van der Waals surface area contributed by atoms with E-state index >= 15 is 0 Å². The van der Waals surface area contributed by atoms with Gasteiger partial charge in [-0.25, -0.2) is 12.8 Å². The highest BCUT2D eigenvalue weighted by Crippen LogP contribution is 2.27. The van der Waals surface area contributed by atoms with Gasteiger partial charge in [-0.1, -0.05) is 54.1 Å². The molecule has 1 atom stereocenters. The molecule has 0 aromatic heterocycles. The van der Waals surface area contributed by atoms with Crippen LogP contribution in [0.15, 0.2) is 77.7 Å². The van der Waals surface area contributed by atoms with Crippen molar-refractivity contribution in [1.82, 2.24) is 10.2 Å². The van der Waals surface area contributed by atoms with Crippen molar-refractivity contribution in [3.8, 4) is 0 Å². The Morgan fingerprint density at radius 1 is 0.944 bits per heavy atom. The van der Waals surface area contributed by atoms with Crippen LogP contribution in [0.2, 0.25) is 0 Å². The normalized spacial score (nSPS) is 12.0. The third-order valence-electron chi connectivity index (χ3n) is 6.02. The van der Waals surface area contributed by atoms with E-state index in [0.29, 0.717) is 0 Å². The fourth-order valence-electron chi connectivity index (χ4n) is 3.77. The van der Waals surface area contributed by atoms with Crippen LogP contribution in [0.3, 0.4) is 0 Å². The zero-order valence-electron chi connectivity index (χ0n) is 20.7. The maximum Gasteiger partial charge on any atom is 0.264 e. The summed E-state index contributed by atoms with van der Waals surface area (Å²) in [6, 6.07) is 18.0. The van der Waals surface area contributed by atoms with Gasteiger partial charge in [0.1, 0.15) is 18.4 Å². The molecule has 0 aliphatic carbocycles. The molecule has 3 aromatic carbocycles. The largest absolute Gasteiger partial charge is 0.357 e. The molecule has 0 bridgehead atoms. The second-order valence-corrected chi connectivity index (χ2v) is 10.4. The van der Waals surface area contributed by atoms with Gasteiger partial charge in [-0.3, -0.25) is 13.9 Å². The summed E-state index contributed by atoms with van der Waals surface area (Å²) in [6.45, 7) is 4.66. The lowest BCUT2D eigenvalue weighted by molar-refractivity contribution is -0.139. The molecule has 1 N–H and O–H groups in total. The van der Waals surface area contributed by atoms with Crippen LogP contribution in [0.1, 0.15) is 23.6 Å². The molecule has 0 saturated heterocycles. The van der Waals surface area contributed by atoms with Crippen LogP contribution >= 0.6 is 0 Å². The van der Waals surface area contributed by atoms with Gasteiger partial charge in [-0.15, -0.1) is 0 Å². The molecule has 0 fully saturated rings. The maximum absolute atomic E-state index is 14.8. The molecule has 0 aliphatic heterocycles. The Morgan fingerprint density at radius 2 is 1.56 bits per heavy atom. The molecular weight excluding hydrogens is 481 g/mol. The predicted molar refractivity (Wildman–Crippen MR) is 137 cm³/mol. The minimum atomic E-state index is -4.31. The number of hydrogen-bond acceptors (Lipinski definition) is 4. The smallest absolute Gasteiger partial charge is 0.264 e. The average Bonchev–Trinajstić information content (AvgIpc) is 2.86. The minimum absolute atomic E-state index is 0.0750. The molecule has 36 heavy (non-hydrogen) atoms. The molecule has 0 spiro atoms. The Kier molecular flexibility index (Phi) is 8.47. The number of nitrogens with one attached hydrogen (secondary N) is 1. The quantitative estimate of drug-likeness (QED) is 0.474. The van der Waals surface area contributed by atoms with Gasteiger partial charge in [0, 0.05) is 13.6 Å². The summed E-state index contributed by atoms with van der Waals surface area (Å²) in [5.41, 5.74) is 2.32. The molecule has 0 aliphatic rings. The average molecular weight is 512 g/mol. The molecule has 7 nitrogen and oxygen atoms in total. The van der Waals surface area contributed by atoms with Gasteiger partial charge in [0.15, 0.2) is 0 Å². The summed E-state index contributed by atoms with van der Waals surface area (Å²) >= 11 is 0. The Morgan fingerprint density at radius 3 is 2.17 bits per heavy atom. The number of hydrogen-bond donors (Lipinski definition) is 1. The van der Waals surface area contributed by atoms with E-state index in [4.69, 9.17) is 0 Å². The predicted octanol–water partition coefficient (Wildman–Crippen LogP) is 3.80. The summed E-state index contributed by atoms with van der Waals surface area (Å²) in [7, 11) is -2.85. The lowest BCUT2D eigenvalue weighted by Crippen LogP contribution is -2.51. The Bertz CT molecular complexity index is 1340. The van der Waals surface area contributed by atoms with Crippen LogP contribution in [-0.4, -0.2) is 44.8 Å². The van der Waals surface area contributed by atoms with Gasteiger partial charge in [-0.2, -0.15) is 0 Å². The second-order valence-electron chi connectivity index (χ2n) is 8.51. The molecule has 2 amide bonds. The van der Waals surface area contributed by atoms with Gasteiger partial charge in [0.25, 0.3) is 10.0 Å². The molecule has 0 unspecified atom stereocenters. The molecule has 3 rings (SSSR count). The Hall–Kier alpha value is -3.72. The first-order chi connectivity index (χ1) is 17.1. The van der Waals surface area contributed by atoms with Crippen LogP contribution in [0.5, 0.6) is 0 Å². The number of nitrogens with zero attached hydrogens (tertiary/aromatic N) is 2. The topological polar surface area (TPSA) is 86.8 Å². The molecule has 9 heteroatoms. The van der Waals surface area contributed by atoms with Crippen molar-refractivity contribution in [2.45, 2.75) is 38.3 Å². The number of rotatable bonds is 9. The number of benzene rings is 3. The highest BCUT2D eigenvalue weighted by molar-refractivity contribution is 7.92. The maximum atomic E-state index is 14.8. The molecule has 0 radical (unpaired) electrons. The number of halogens is 1. The number of sulfonamides is 1. The third kappa shape index (κ3) is 5.91. The van der Waals surface area contributed by atoms with Crippen molar-refractivity contribution < 1.29 is 22.4 Å². The Labute approximate surface area is 211 Å². The van der Waals surface area contributed by atoms with Gasteiger partial charge in [0.05, 0.1) is 10.6 Å². The van der Waals surface area contributed by atoms with Crippen molar-refractivity contribution >= 4 is 27.5 Å². The lowest BCUT2D eigenvalue weighted by Gasteiger charge is -2.32. The number of carbonyl (C=O) groups is 2. The monoisotopic (exact) mass is 511 g/mol. The summed E-state index contributed by atoms with van der Waals surface area (Å²) in [5, 5.41) is 2.53. The number of carbonyl (C=O) groups excluding carboxylic acids is 2. The second kappa shape index (κ2) is 11.3. The van der Waals surface area contributed by atoms with E-state index < -0.39 is 40.2 Å². The number of para-hydroxylation sites is 1. The van der Waals surface area contributed by atoms with E-state index in [1.807, 2.05) is 38.1 Å². The molecule has 0 saturated carbocycles. The van der Waals surface area contributed by atoms with Crippen LogP contribution < -0.4 is 9.62 Å². The van der Waals surface area contributed by atoms with Crippen molar-refractivity contribution in [1.29, 1.82) is 0 Å². The van der Waals surface area contributed by atoms with E-state index in [2.05, 4.69) is 5.32 Å². The highest BCUT2D eigenvalue weighted by Gasteiger charge is 2.33. The van der Waals surface area contributed by atoms with Crippen LogP contribution in [0.25, 0.3) is 0 Å². The van der Waals surface area contributed by atoms with Gasteiger partial charge >= 0.3 is 0 Å². The van der Waals surface area contributed by atoms with Crippen molar-refractivity contribution in [2.75, 3.05) is 17.9 Å². The molecule has 0 heterocycles. The summed E-state index contributed by atoms with van der Waals surface area (Å²) in [6.07, 6.45) is 0. The van der Waals surface area contributed by atoms with E-state index in [1.165, 1.54) is 42.3 Å². The first kappa shape index (κ1) is 26.9. The minimum Gasteiger partial charge on any atom is -0.357 e. The lowest BCUT2D eigenvalue weighted by atomic mass is 10.1. The van der Waals surface area contributed by atoms with Crippen molar-refractivity contribution in [3.63, 3.8) is 0 Å². The van der Waals surface area contributed by atoms with Crippen LogP contribution in [0, 0.1) is 19.7 Å². The zero-order valence-corrected chi connectivity index (χ0v) is 21.5. The summed E-state index contributed by atoms with van der Waals surface area (Å²) < 4.78 is 42.9. The summed E-state index contributed by atoms with van der Waals surface area (Å²) in [4.78, 5) is 27.4. The Balaban J connectivity index is 2.06. The third-order valence-corrected chi connectivity index (χ3v) is 7.80. The highest BCUT2D eigenvalue weighted by atomic mass is 32.2. The standard InChI is InChI=1S/C27H30FN3O4S/c1-19-13-15-23(16-14-19)36(34,35)31(25-12-8-7-11-24(25)28)18-26(32)30(21(3)27(33)29-4)17-22-10-6-5-9-20(22)2/h5-16,21H,17-18H2,1-4H3,(H,29,33)/t21-/m0/s1. The SMILES string of the molecule is CNC(=O)[C@H](C)N(Cc1ccccc1C)C(=O)CN(c1ccccc1F)S(=O)(=O)c1ccc(C)cc1. The molecule has 3 aromatic rings. The van der Waals surface area contributed by atoms with E-state index in [1.54, 1.807) is 19.1 Å². The summed E-state index contributed by atoms with van der Waals surface area (Å²) in [5.74, 6) is -1.84. The van der Waals surface area contributed by atoms with Crippen LogP contribution in [0.4, 0.5) is 10.1 Å². The van der Waals surface area contributed by atoms with Crippen molar-refractivity contribution in [3.05, 3.63) is 95.3 Å². The van der Waals surface area contributed by atoms with Gasteiger partial charge < -0.3 is 10.2 Å². The number of likely N-dealkylation sites (N-methyl/N-ethyl adjacent to an activating group) is 1. The molecular formula is C27H30FN3O4S. The zero-order chi connectivity index (χ0) is 26.5. The van der Waals surface area contributed by atoms with Gasteiger partial charge in [-0.05, 0) is 56.2 Å². The molecule has 190 valence electrons.